The number of hydrogen-bond donors (Lipinski definition) is 2. The summed E-state index contributed by atoms with van der Waals surface area (Å²) in [7, 11) is 3.45. The number of ether oxygens (including phenoxy) is 1. The lowest BCUT2D eigenvalue weighted by molar-refractivity contribution is -0.127. The monoisotopic (exact) mass is 497 g/mol. The molecule has 1 aliphatic rings. The number of carbonyl (C=O) groups excluding carboxylic acids is 2. The van der Waals surface area contributed by atoms with Gasteiger partial charge in [-0.3, -0.25) is 4.79 Å². The zero-order chi connectivity index (χ0) is 19.4. The van der Waals surface area contributed by atoms with Crippen LogP contribution >= 0.6 is 24.0 Å². The highest BCUT2D eigenvalue weighted by molar-refractivity contribution is 14.0. The molecule has 1 saturated heterocycles. The molecule has 8 nitrogen and oxygen atoms in total. The summed E-state index contributed by atoms with van der Waals surface area (Å²) in [4.78, 5) is 31.3. The molecule has 2 N–H and O–H groups in total. The molecular weight excluding hydrogens is 461 g/mol. The number of unbranched alkanes of at least 4 members (excludes halogenated alkanes) is 2. The van der Waals surface area contributed by atoms with Crippen LogP contribution in [-0.2, 0) is 9.53 Å². The molecule has 1 aliphatic heterocycles. The second kappa shape index (κ2) is 14.8. The van der Waals surface area contributed by atoms with Gasteiger partial charge in [-0.05, 0) is 26.2 Å². The van der Waals surface area contributed by atoms with Gasteiger partial charge < -0.3 is 25.2 Å². The van der Waals surface area contributed by atoms with Crippen LogP contribution in [0.25, 0.3) is 0 Å². The third kappa shape index (κ3) is 10.6. The average Bonchev–Trinajstić information content (AvgIpc) is 2.63. The predicted molar refractivity (Wildman–Crippen MR) is 119 cm³/mol. The highest BCUT2D eigenvalue weighted by atomic mass is 127. The first-order chi connectivity index (χ1) is 12.5. The van der Waals surface area contributed by atoms with E-state index in [-0.39, 0.29) is 48.6 Å². The molecule has 0 aromatic carbocycles. The number of piperidine rings is 1. The van der Waals surface area contributed by atoms with Crippen molar-refractivity contribution in [3.05, 3.63) is 0 Å². The van der Waals surface area contributed by atoms with E-state index in [0.717, 1.165) is 38.6 Å². The smallest absolute Gasteiger partial charge is 0.409 e. The lowest BCUT2D eigenvalue weighted by atomic mass is 10.1. The van der Waals surface area contributed by atoms with E-state index >= 15 is 0 Å². The molecule has 0 unspecified atom stereocenters. The number of nitrogens with zero attached hydrogens (tertiary/aromatic N) is 3. The Morgan fingerprint density at radius 1 is 1.19 bits per heavy atom. The van der Waals surface area contributed by atoms with Gasteiger partial charge in [-0.15, -0.1) is 24.0 Å². The molecule has 158 valence electrons. The van der Waals surface area contributed by atoms with Crippen molar-refractivity contribution in [3.8, 4) is 0 Å². The topological polar surface area (TPSA) is 86.3 Å². The maximum absolute atomic E-state index is 11.8. The van der Waals surface area contributed by atoms with Gasteiger partial charge in [0.1, 0.15) is 6.54 Å². The number of carbonyl (C=O) groups is 2. The molecule has 2 amide bonds. The second-order valence-electron chi connectivity index (χ2n) is 6.69. The van der Waals surface area contributed by atoms with Crippen LogP contribution in [0.5, 0.6) is 0 Å². The maximum atomic E-state index is 11.8. The Hall–Kier alpha value is -1.26. The van der Waals surface area contributed by atoms with Crippen molar-refractivity contribution >= 4 is 41.9 Å². The summed E-state index contributed by atoms with van der Waals surface area (Å²) in [5.41, 5.74) is 0. The molecule has 0 atom stereocenters. The highest BCUT2D eigenvalue weighted by Gasteiger charge is 2.24. The number of guanidine groups is 1. The van der Waals surface area contributed by atoms with Gasteiger partial charge in [-0.2, -0.15) is 0 Å². The number of rotatable bonds is 8. The number of likely N-dealkylation sites (N-methyl/N-ethyl adjacent to an activating group) is 1. The summed E-state index contributed by atoms with van der Waals surface area (Å²) < 4.78 is 5.05. The summed E-state index contributed by atoms with van der Waals surface area (Å²) >= 11 is 0. The van der Waals surface area contributed by atoms with E-state index in [1.54, 1.807) is 19.0 Å². The van der Waals surface area contributed by atoms with E-state index in [1.807, 2.05) is 6.92 Å². The number of halogens is 1. The third-order valence-corrected chi connectivity index (χ3v) is 4.31. The Morgan fingerprint density at radius 3 is 2.41 bits per heavy atom. The van der Waals surface area contributed by atoms with Gasteiger partial charge in [-0.25, -0.2) is 9.79 Å². The lowest BCUT2D eigenvalue weighted by Gasteiger charge is -2.32. The van der Waals surface area contributed by atoms with Crippen molar-refractivity contribution in [2.24, 2.45) is 4.99 Å². The number of nitrogens with one attached hydrogen (secondary N) is 2. The van der Waals surface area contributed by atoms with Crippen molar-refractivity contribution in [2.45, 2.75) is 52.0 Å². The number of amides is 2. The Balaban J connectivity index is 0.00000676. The molecule has 1 heterocycles. The number of likely N-dealkylation sites (tertiary alicyclic amines) is 1. The molecule has 0 aromatic heterocycles. The van der Waals surface area contributed by atoms with Gasteiger partial charge in [-0.1, -0.05) is 19.8 Å². The summed E-state index contributed by atoms with van der Waals surface area (Å²) in [5.74, 6) is 0.641. The molecule has 0 saturated carbocycles. The van der Waals surface area contributed by atoms with Crippen LogP contribution in [0.3, 0.4) is 0 Å². The number of aliphatic imine (C=N–C) groups is 1. The molecule has 27 heavy (non-hydrogen) atoms. The van der Waals surface area contributed by atoms with Crippen molar-refractivity contribution in [1.82, 2.24) is 20.4 Å². The first kappa shape index (κ1) is 25.7. The fraction of sp³-hybridized carbons (Fsp3) is 0.833. The van der Waals surface area contributed by atoms with E-state index in [0.29, 0.717) is 25.7 Å². The molecule has 0 bridgehead atoms. The minimum Gasteiger partial charge on any atom is -0.450 e. The summed E-state index contributed by atoms with van der Waals surface area (Å²) in [6.07, 6.45) is 4.81. The van der Waals surface area contributed by atoms with Crippen LogP contribution in [0.4, 0.5) is 4.79 Å². The summed E-state index contributed by atoms with van der Waals surface area (Å²) in [6, 6.07) is 0.229. The largest absolute Gasteiger partial charge is 0.450 e. The molecular formula is C18H36IN5O3. The molecule has 1 rings (SSSR count). The van der Waals surface area contributed by atoms with Crippen LogP contribution in [0, 0.1) is 0 Å². The van der Waals surface area contributed by atoms with E-state index in [1.165, 1.54) is 4.90 Å². The minimum atomic E-state index is -0.242. The summed E-state index contributed by atoms with van der Waals surface area (Å²) in [6.45, 7) is 6.66. The molecule has 0 radical (unpaired) electrons. The van der Waals surface area contributed by atoms with Crippen molar-refractivity contribution in [1.29, 1.82) is 0 Å². The molecule has 9 heteroatoms. The van der Waals surface area contributed by atoms with Gasteiger partial charge in [0.15, 0.2) is 5.96 Å². The van der Waals surface area contributed by atoms with Gasteiger partial charge in [0.2, 0.25) is 5.91 Å². The SMILES string of the molecule is CCCCCNC(=NCC(=O)N(C)C)NC1CCN(C(=O)OCC)CC1.I. The van der Waals surface area contributed by atoms with E-state index in [9.17, 15) is 9.59 Å². The summed E-state index contributed by atoms with van der Waals surface area (Å²) in [5, 5.41) is 6.72. The normalized spacial score (nSPS) is 15.0. The third-order valence-electron chi connectivity index (χ3n) is 4.31. The van der Waals surface area contributed by atoms with Crippen LogP contribution in [0.15, 0.2) is 4.99 Å². The van der Waals surface area contributed by atoms with E-state index < -0.39 is 0 Å². The van der Waals surface area contributed by atoms with Gasteiger partial charge in [0.05, 0.1) is 6.61 Å². The van der Waals surface area contributed by atoms with Gasteiger partial charge in [0, 0.05) is 39.8 Å². The van der Waals surface area contributed by atoms with Crippen molar-refractivity contribution < 1.29 is 14.3 Å². The first-order valence-electron chi connectivity index (χ1n) is 9.64. The maximum Gasteiger partial charge on any atom is 0.409 e. The quantitative estimate of drug-likeness (QED) is 0.232. The molecule has 1 fully saturated rings. The first-order valence-corrected chi connectivity index (χ1v) is 9.64. The number of hydrogen-bond acceptors (Lipinski definition) is 4. The van der Waals surface area contributed by atoms with Crippen molar-refractivity contribution in [3.63, 3.8) is 0 Å². The fourth-order valence-electron chi connectivity index (χ4n) is 2.64. The Bertz CT molecular complexity index is 466. The van der Waals surface area contributed by atoms with E-state index in [4.69, 9.17) is 4.74 Å². The molecule has 0 aliphatic carbocycles. The van der Waals surface area contributed by atoms with Crippen LogP contribution in [-0.4, -0.2) is 80.7 Å². The van der Waals surface area contributed by atoms with Gasteiger partial charge >= 0.3 is 6.09 Å². The average molecular weight is 497 g/mol. The Morgan fingerprint density at radius 2 is 1.85 bits per heavy atom. The van der Waals surface area contributed by atoms with Gasteiger partial charge in [0.25, 0.3) is 0 Å². The van der Waals surface area contributed by atoms with Crippen LogP contribution in [0.1, 0.15) is 46.0 Å². The zero-order valence-electron chi connectivity index (χ0n) is 17.1. The lowest BCUT2D eigenvalue weighted by Crippen LogP contribution is -2.50. The highest BCUT2D eigenvalue weighted by Crippen LogP contribution is 2.11. The molecule has 0 aromatic rings. The standard InChI is InChI=1S/C18H35N5O3.HI/c1-5-7-8-11-19-17(20-14-16(24)22(3)4)21-15-9-12-23(13-10-15)18(25)26-6-2;/h15H,5-14H2,1-4H3,(H2,19,20,21);1H. The minimum absolute atomic E-state index is 0. The fourth-order valence-corrected chi connectivity index (χ4v) is 2.64. The Labute approximate surface area is 180 Å². The van der Waals surface area contributed by atoms with Crippen molar-refractivity contribution in [2.75, 3.05) is 46.9 Å². The zero-order valence-corrected chi connectivity index (χ0v) is 19.5. The predicted octanol–water partition coefficient (Wildman–Crippen LogP) is 2.04. The van der Waals surface area contributed by atoms with Crippen LogP contribution < -0.4 is 10.6 Å². The van der Waals surface area contributed by atoms with Crippen LogP contribution in [0.2, 0.25) is 0 Å². The molecule has 0 spiro atoms. The Kier molecular flexibility index (Phi) is 14.1. The second-order valence-corrected chi connectivity index (χ2v) is 6.69. The van der Waals surface area contributed by atoms with E-state index in [2.05, 4.69) is 22.5 Å².